The molecule has 0 bridgehead atoms. The first kappa shape index (κ1) is 14.4. The molecule has 2 aliphatic rings. The summed E-state index contributed by atoms with van der Waals surface area (Å²) in [6, 6.07) is 7.27. The summed E-state index contributed by atoms with van der Waals surface area (Å²) in [5.74, 6) is 1.83. The van der Waals surface area contributed by atoms with Gasteiger partial charge in [-0.2, -0.15) is 0 Å². The molecular weight excluding hydrogens is 260 g/mol. The minimum Gasteiger partial charge on any atom is -0.399 e. The van der Waals surface area contributed by atoms with Crippen molar-refractivity contribution in [3.8, 4) is 0 Å². The predicted molar refractivity (Wildman–Crippen MR) is 86.0 cm³/mol. The van der Waals surface area contributed by atoms with Crippen LogP contribution in [0.3, 0.4) is 0 Å². The van der Waals surface area contributed by atoms with Crippen LogP contribution in [-0.2, 0) is 0 Å². The van der Waals surface area contributed by atoms with Crippen LogP contribution in [0.2, 0.25) is 0 Å². The van der Waals surface area contributed by atoms with Crippen molar-refractivity contribution in [3.05, 3.63) is 29.8 Å². The molecule has 114 valence electrons. The molecular formula is C18H26N2O. The zero-order chi connectivity index (χ0) is 15.0. The number of nitrogens with zero attached hydrogens (tertiary/aromatic N) is 1. The van der Waals surface area contributed by atoms with E-state index >= 15 is 0 Å². The second kappa shape index (κ2) is 5.36. The van der Waals surface area contributed by atoms with E-state index in [-0.39, 0.29) is 5.91 Å². The molecule has 3 heteroatoms. The fourth-order valence-electron chi connectivity index (χ4n) is 3.80. The van der Waals surface area contributed by atoms with E-state index in [9.17, 15) is 4.79 Å². The first-order chi connectivity index (χ1) is 9.98. The van der Waals surface area contributed by atoms with Crippen LogP contribution in [-0.4, -0.2) is 23.9 Å². The van der Waals surface area contributed by atoms with Crippen LogP contribution in [0, 0.1) is 17.3 Å². The minimum absolute atomic E-state index is 0.151. The summed E-state index contributed by atoms with van der Waals surface area (Å²) in [4.78, 5) is 14.5. The van der Waals surface area contributed by atoms with Gasteiger partial charge in [0.1, 0.15) is 0 Å². The highest BCUT2D eigenvalue weighted by molar-refractivity contribution is 5.94. The highest BCUT2D eigenvalue weighted by Gasteiger charge is 2.44. The van der Waals surface area contributed by atoms with E-state index in [4.69, 9.17) is 5.73 Å². The molecule has 3 nitrogen and oxygen atoms in total. The van der Waals surface area contributed by atoms with Gasteiger partial charge in [0.2, 0.25) is 0 Å². The SMILES string of the molecule is CC(C)(C1CC1)C1CCN(C(=O)c2ccc(N)cc2)CC1. The molecule has 1 aliphatic heterocycles. The van der Waals surface area contributed by atoms with Gasteiger partial charge >= 0.3 is 0 Å². The number of benzene rings is 1. The zero-order valence-corrected chi connectivity index (χ0v) is 13.1. The number of hydrogen-bond acceptors (Lipinski definition) is 2. The first-order valence-electron chi connectivity index (χ1n) is 8.13. The van der Waals surface area contributed by atoms with E-state index in [0.717, 1.165) is 43.3 Å². The Morgan fingerprint density at radius 1 is 1.05 bits per heavy atom. The number of nitrogen functional groups attached to an aromatic ring is 1. The van der Waals surface area contributed by atoms with E-state index in [1.54, 1.807) is 12.1 Å². The summed E-state index contributed by atoms with van der Waals surface area (Å²) in [6.45, 7) is 6.63. The third-order valence-electron chi connectivity index (χ3n) is 5.62. The van der Waals surface area contributed by atoms with E-state index < -0.39 is 0 Å². The van der Waals surface area contributed by atoms with Crippen LogP contribution in [0.4, 0.5) is 5.69 Å². The molecule has 0 spiro atoms. The molecule has 1 heterocycles. The van der Waals surface area contributed by atoms with Crippen LogP contribution < -0.4 is 5.73 Å². The second-order valence-electron chi connectivity index (χ2n) is 7.28. The molecule has 1 aromatic rings. The van der Waals surface area contributed by atoms with Crippen LogP contribution in [0.25, 0.3) is 0 Å². The molecule has 2 N–H and O–H groups in total. The summed E-state index contributed by atoms with van der Waals surface area (Å²) < 4.78 is 0. The number of piperidine rings is 1. The lowest BCUT2D eigenvalue weighted by molar-refractivity contribution is 0.0547. The van der Waals surface area contributed by atoms with Gasteiger partial charge < -0.3 is 10.6 Å². The predicted octanol–water partition coefficient (Wildman–Crippen LogP) is 3.56. The number of anilines is 1. The molecule has 0 atom stereocenters. The zero-order valence-electron chi connectivity index (χ0n) is 13.1. The van der Waals surface area contributed by atoms with Crippen molar-refractivity contribution < 1.29 is 4.79 Å². The van der Waals surface area contributed by atoms with Gasteiger partial charge in [0.25, 0.3) is 5.91 Å². The molecule has 1 aliphatic carbocycles. The number of carbonyl (C=O) groups excluding carboxylic acids is 1. The average Bonchev–Trinajstić information content (AvgIpc) is 3.32. The van der Waals surface area contributed by atoms with E-state index in [0.29, 0.717) is 11.1 Å². The van der Waals surface area contributed by atoms with Gasteiger partial charge in [-0.3, -0.25) is 4.79 Å². The largest absolute Gasteiger partial charge is 0.399 e. The number of nitrogens with two attached hydrogens (primary N) is 1. The summed E-state index contributed by atoms with van der Waals surface area (Å²) in [5.41, 5.74) is 7.59. The Bertz CT molecular complexity index is 509. The van der Waals surface area contributed by atoms with Crippen molar-refractivity contribution in [2.24, 2.45) is 17.3 Å². The van der Waals surface area contributed by atoms with Crippen molar-refractivity contribution in [3.63, 3.8) is 0 Å². The molecule has 1 saturated heterocycles. The molecule has 1 amide bonds. The van der Waals surface area contributed by atoms with Crippen LogP contribution in [0.5, 0.6) is 0 Å². The van der Waals surface area contributed by atoms with Crippen molar-refractivity contribution in [2.75, 3.05) is 18.8 Å². The number of likely N-dealkylation sites (tertiary alicyclic amines) is 1. The topological polar surface area (TPSA) is 46.3 Å². The quantitative estimate of drug-likeness (QED) is 0.864. The lowest BCUT2D eigenvalue weighted by Crippen LogP contribution is -2.42. The highest BCUT2D eigenvalue weighted by Crippen LogP contribution is 2.52. The highest BCUT2D eigenvalue weighted by atomic mass is 16.2. The molecule has 0 unspecified atom stereocenters. The van der Waals surface area contributed by atoms with Gasteiger partial charge in [-0.1, -0.05) is 13.8 Å². The number of amides is 1. The Kier molecular flexibility index (Phi) is 3.68. The second-order valence-corrected chi connectivity index (χ2v) is 7.28. The van der Waals surface area contributed by atoms with Crippen molar-refractivity contribution >= 4 is 11.6 Å². The Balaban J connectivity index is 1.60. The van der Waals surface area contributed by atoms with E-state index in [1.165, 1.54) is 12.8 Å². The standard InChI is InChI=1S/C18H26N2O/c1-18(2,14-5-6-14)15-9-11-20(12-10-15)17(21)13-3-7-16(19)8-4-13/h3-4,7-8,14-15H,5-6,9-12,19H2,1-2H3. The summed E-state index contributed by atoms with van der Waals surface area (Å²) >= 11 is 0. The lowest BCUT2D eigenvalue weighted by Gasteiger charge is -2.41. The third-order valence-corrected chi connectivity index (χ3v) is 5.62. The molecule has 1 saturated carbocycles. The minimum atomic E-state index is 0.151. The van der Waals surface area contributed by atoms with Gasteiger partial charge in [0.05, 0.1) is 0 Å². The fraction of sp³-hybridized carbons (Fsp3) is 0.611. The Morgan fingerprint density at radius 3 is 2.10 bits per heavy atom. The van der Waals surface area contributed by atoms with E-state index in [2.05, 4.69) is 13.8 Å². The lowest BCUT2D eigenvalue weighted by atomic mass is 9.70. The molecule has 3 rings (SSSR count). The monoisotopic (exact) mass is 286 g/mol. The third kappa shape index (κ3) is 2.92. The average molecular weight is 286 g/mol. The molecule has 21 heavy (non-hydrogen) atoms. The first-order valence-corrected chi connectivity index (χ1v) is 8.13. The van der Waals surface area contributed by atoms with Gasteiger partial charge in [-0.05, 0) is 67.2 Å². The number of rotatable bonds is 3. The smallest absolute Gasteiger partial charge is 0.253 e. The maximum atomic E-state index is 12.5. The normalized spacial score (nSPS) is 20.6. The van der Waals surface area contributed by atoms with Crippen molar-refractivity contribution in [2.45, 2.75) is 39.5 Å². The summed E-state index contributed by atoms with van der Waals surface area (Å²) in [6.07, 6.45) is 5.09. The molecule has 0 radical (unpaired) electrons. The Labute approximate surface area is 127 Å². The van der Waals surface area contributed by atoms with Crippen LogP contribution in [0.15, 0.2) is 24.3 Å². The number of hydrogen-bond donors (Lipinski definition) is 1. The summed E-state index contributed by atoms with van der Waals surface area (Å²) in [7, 11) is 0. The van der Waals surface area contributed by atoms with Crippen molar-refractivity contribution in [1.29, 1.82) is 0 Å². The molecule has 1 aromatic carbocycles. The van der Waals surface area contributed by atoms with Crippen molar-refractivity contribution in [1.82, 2.24) is 4.90 Å². The Morgan fingerprint density at radius 2 is 1.57 bits per heavy atom. The van der Waals surface area contributed by atoms with E-state index in [1.807, 2.05) is 17.0 Å². The maximum Gasteiger partial charge on any atom is 0.253 e. The van der Waals surface area contributed by atoms with Gasteiger partial charge in [-0.25, -0.2) is 0 Å². The summed E-state index contributed by atoms with van der Waals surface area (Å²) in [5, 5.41) is 0. The molecule has 2 fully saturated rings. The fourth-order valence-corrected chi connectivity index (χ4v) is 3.80. The Hall–Kier alpha value is -1.51. The molecule has 0 aromatic heterocycles. The van der Waals surface area contributed by atoms with Gasteiger partial charge in [-0.15, -0.1) is 0 Å². The van der Waals surface area contributed by atoms with Crippen LogP contribution in [0.1, 0.15) is 49.9 Å². The number of carbonyl (C=O) groups is 1. The van der Waals surface area contributed by atoms with Gasteiger partial charge in [0, 0.05) is 24.3 Å². The van der Waals surface area contributed by atoms with Gasteiger partial charge in [0.15, 0.2) is 0 Å². The van der Waals surface area contributed by atoms with Crippen LogP contribution >= 0.6 is 0 Å². The maximum absolute atomic E-state index is 12.5.